The summed E-state index contributed by atoms with van der Waals surface area (Å²) in [5.74, 6) is 0.418. The molecule has 5 rings (SSSR count). The summed E-state index contributed by atoms with van der Waals surface area (Å²) < 4.78 is 0. The molecule has 0 bridgehead atoms. The number of carbonyl (C=O) groups is 1. The molecule has 2 heterocycles. The number of aromatic nitrogens is 1. The first-order valence-electron chi connectivity index (χ1n) is 8.97. The van der Waals surface area contributed by atoms with Crippen molar-refractivity contribution >= 4 is 51.7 Å². The van der Waals surface area contributed by atoms with Gasteiger partial charge in [0.15, 0.2) is 0 Å². The minimum Gasteiger partial charge on any atom is -0.278 e. The Kier molecular flexibility index (Phi) is 4.55. The molecule has 136 valence electrons. The Bertz CT molecular complexity index is 1140. The van der Waals surface area contributed by atoms with Crippen LogP contribution in [0.4, 0.5) is 11.4 Å². The number of para-hydroxylation sites is 3. The average Bonchev–Trinajstić information content (AvgIpc) is 2.75. The lowest BCUT2D eigenvalue weighted by Crippen LogP contribution is -2.29. The van der Waals surface area contributed by atoms with Crippen LogP contribution in [0.2, 0.25) is 0 Å². The summed E-state index contributed by atoms with van der Waals surface area (Å²) in [5, 5.41) is 1.09. The Hall–Kier alpha value is -2.76. The first kappa shape index (κ1) is 17.3. The van der Waals surface area contributed by atoms with Gasteiger partial charge in [0.25, 0.3) is 0 Å². The second-order valence-corrected chi connectivity index (χ2v) is 8.49. The van der Waals surface area contributed by atoms with E-state index in [1.54, 1.807) is 29.7 Å². The molecule has 0 aliphatic carbocycles. The van der Waals surface area contributed by atoms with Crippen molar-refractivity contribution in [2.75, 3.05) is 10.7 Å². The highest BCUT2D eigenvalue weighted by atomic mass is 32.2. The first-order valence-corrected chi connectivity index (χ1v) is 10.8. The highest BCUT2D eigenvalue weighted by Gasteiger charge is 2.27. The molecule has 1 aliphatic heterocycles. The molecule has 4 aromatic rings. The lowest BCUT2D eigenvalue weighted by molar-refractivity contribution is -0.115. The third kappa shape index (κ3) is 3.07. The molecule has 5 heteroatoms. The maximum Gasteiger partial charge on any atom is 0.241 e. The molecule has 3 nitrogen and oxygen atoms in total. The summed E-state index contributed by atoms with van der Waals surface area (Å²) >= 11 is 3.25. The van der Waals surface area contributed by atoms with E-state index in [-0.39, 0.29) is 5.91 Å². The summed E-state index contributed by atoms with van der Waals surface area (Å²) in [7, 11) is 0. The summed E-state index contributed by atoms with van der Waals surface area (Å²) in [6, 6.07) is 26.2. The van der Waals surface area contributed by atoms with Crippen LogP contribution in [0.5, 0.6) is 0 Å². The second kappa shape index (κ2) is 7.34. The third-order valence-electron chi connectivity index (χ3n) is 4.63. The minimum atomic E-state index is 0.0677. The monoisotopic (exact) mass is 400 g/mol. The van der Waals surface area contributed by atoms with E-state index in [9.17, 15) is 4.79 Å². The molecule has 0 fully saturated rings. The number of carbonyl (C=O) groups excluding carboxylic acids is 1. The van der Waals surface area contributed by atoms with Crippen LogP contribution in [-0.4, -0.2) is 16.6 Å². The predicted molar refractivity (Wildman–Crippen MR) is 117 cm³/mol. The van der Waals surface area contributed by atoms with Gasteiger partial charge in [-0.25, -0.2) is 0 Å². The zero-order chi connectivity index (χ0) is 18.9. The standard InChI is InChI=1S/C23H16N2OS2/c26-22(15-27-21-13-5-7-16-8-6-14-24-23(16)21)25-17-9-1-3-11-19(17)28-20-12-4-2-10-18(20)25/h1-14H,15H2. The molecule has 0 N–H and O–H groups in total. The van der Waals surface area contributed by atoms with Gasteiger partial charge in [0, 0.05) is 26.3 Å². The zero-order valence-corrected chi connectivity index (χ0v) is 16.5. The van der Waals surface area contributed by atoms with E-state index in [1.165, 1.54) is 0 Å². The third-order valence-corrected chi connectivity index (χ3v) is 6.79. The number of fused-ring (bicyclic) bond motifs is 3. The molecular weight excluding hydrogens is 384 g/mol. The Morgan fingerprint density at radius 3 is 2.29 bits per heavy atom. The lowest BCUT2D eigenvalue weighted by Gasteiger charge is -2.31. The van der Waals surface area contributed by atoms with E-state index in [0.717, 1.165) is 37.0 Å². The van der Waals surface area contributed by atoms with Gasteiger partial charge in [0.1, 0.15) is 0 Å². The van der Waals surface area contributed by atoms with Crippen molar-refractivity contribution < 1.29 is 4.79 Å². The van der Waals surface area contributed by atoms with Crippen LogP contribution in [0.1, 0.15) is 0 Å². The van der Waals surface area contributed by atoms with Gasteiger partial charge in [-0.3, -0.25) is 14.7 Å². The fourth-order valence-corrected chi connectivity index (χ4v) is 5.32. The summed E-state index contributed by atoms with van der Waals surface area (Å²) in [6.07, 6.45) is 1.79. The molecule has 1 aromatic heterocycles. The normalized spacial score (nSPS) is 12.5. The predicted octanol–water partition coefficient (Wildman–Crippen LogP) is 6.16. The largest absolute Gasteiger partial charge is 0.278 e. The Morgan fingerprint density at radius 2 is 1.54 bits per heavy atom. The highest BCUT2D eigenvalue weighted by molar-refractivity contribution is 8.00. The maximum absolute atomic E-state index is 13.3. The molecule has 0 saturated carbocycles. The minimum absolute atomic E-state index is 0.0677. The molecule has 0 spiro atoms. The van der Waals surface area contributed by atoms with Crippen LogP contribution in [0.25, 0.3) is 10.9 Å². The van der Waals surface area contributed by atoms with Crippen LogP contribution in [0.3, 0.4) is 0 Å². The van der Waals surface area contributed by atoms with Crippen molar-refractivity contribution in [3.8, 4) is 0 Å². The van der Waals surface area contributed by atoms with Crippen LogP contribution in [-0.2, 0) is 4.79 Å². The molecule has 1 aliphatic rings. The number of rotatable bonds is 3. The summed E-state index contributed by atoms with van der Waals surface area (Å²) in [6.45, 7) is 0. The molecule has 28 heavy (non-hydrogen) atoms. The van der Waals surface area contributed by atoms with Crippen LogP contribution >= 0.6 is 23.5 Å². The van der Waals surface area contributed by atoms with Gasteiger partial charge in [-0.1, -0.05) is 54.2 Å². The smallest absolute Gasteiger partial charge is 0.241 e. The van der Waals surface area contributed by atoms with Gasteiger partial charge in [0.2, 0.25) is 5.91 Å². The zero-order valence-electron chi connectivity index (χ0n) is 14.9. The fraction of sp³-hybridized carbons (Fsp3) is 0.0435. The van der Waals surface area contributed by atoms with E-state index in [2.05, 4.69) is 17.1 Å². The quantitative estimate of drug-likeness (QED) is 0.386. The maximum atomic E-state index is 13.3. The molecule has 0 radical (unpaired) electrons. The van der Waals surface area contributed by atoms with Gasteiger partial charge in [-0.2, -0.15) is 0 Å². The first-order chi connectivity index (χ1) is 13.8. The van der Waals surface area contributed by atoms with E-state index in [0.29, 0.717) is 5.75 Å². The van der Waals surface area contributed by atoms with Gasteiger partial charge >= 0.3 is 0 Å². The molecule has 3 aromatic carbocycles. The molecule has 0 saturated heterocycles. The molecule has 1 amide bonds. The van der Waals surface area contributed by atoms with Crippen molar-refractivity contribution in [3.05, 3.63) is 85.1 Å². The van der Waals surface area contributed by atoms with E-state index in [4.69, 9.17) is 0 Å². The number of nitrogens with zero attached hydrogens (tertiary/aromatic N) is 2. The van der Waals surface area contributed by atoms with Crippen molar-refractivity contribution in [2.45, 2.75) is 14.7 Å². The van der Waals surface area contributed by atoms with Crippen molar-refractivity contribution in [3.63, 3.8) is 0 Å². The fourth-order valence-electron chi connectivity index (χ4n) is 3.37. The van der Waals surface area contributed by atoms with Crippen molar-refractivity contribution in [1.82, 2.24) is 4.98 Å². The summed E-state index contributed by atoms with van der Waals surface area (Å²) in [5.41, 5.74) is 2.85. The SMILES string of the molecule is O=C(CSc1cccc2cccnc12)N1c2ccccc2Sc2ccccc21. The lowest BCUT2D eigenvalue weighted by atomic mass is 10.2. The van der Waals surface area contributed by atoms with Gasteiger partial charge in [0.05, 0.1) is 22.6 Å². The summed E-state index contributed by atoms with van der Waals surface area (Å²) in [4.78, 5) is 22.9. The Labute approximate surface area is 171 Å². The number of benzene rings is 3. The van der Waals surface area contributed by atoms with E-state index in [1.807, 2.05) is 71.6 Å². The number of thioether (sulfide) groups is 1. The second-order valence-electron chi connectivity index (χ2n) is 6.39. The van der Waals surface area contributed by atoms with Crippen LogP contribution in [0, 0.1) is 0 Å². The van der Waals surface area contributed by atoms with Crippen LogP contribution < -0.4 is 4.90 Å². The Balaban J connectivity index is 1.47. The Morgan fingerprint density at radius 1 is 0.857 bits per heavy atom. The number of hydrogen-bond acceptors (Lipinski definition) is 4. The number of anilines is 2. The number of hydrogen-bond donors (Lipinski definition) is 0. The number of pyridine rings is 1. The van der Waals surface area contributed by atoms with Crippen molar-refractivity contribution in [1.29, 1.82) is 0 Å². The van der Waals surface area contributed by atoms with Gasteiger partial charge in [-0.05, 0) is 36.4 Å². The molecular formula is C23H16N2OS2. The highest BCUT2D eigenvalue weighted by Crippen LogP contribution is 2.48. The van der Waals surface area contributed by atoms with Gasteiger partial charge < -0.3 is 0 Å². The topological polar surface area (TPSA) is 33.2 Å². The molecule has 0 unspecified atom stereocenters. The van der Waals surface area contributed by atoms with Crippen molar-refractivity contribution in [2.24, 2.45) is 0 Å². The van der Waals surface area contributed by atoms with E-state index < -0.39 is 0 Å². The van der Waals surface area contributed by atoms with Gasteiger partial charge in [-0.15, -0.1) is 11.8 Å². The van der Waals surface area contributed by atoms with E-state index >= 15 is 0 Å². The van der Waals surface area contributed by atoms with Crippen LogP contribution in [0.15, 0.2) is 99.7 Å². The molecule has 0 atom stereocenters. The number of amides is 1. The average molecular weight is 401 g/mol.